The SMILES string of the molecule is NCCc1ccc(Oc2ccc(F)c(C(=O)NCC3(O)CCOCC3)c2)cc1. The Labute approximate surface area is 163 Å². The fraction of sp³-hybridized carbons (Fsp3) is 0.381. The van der Waals surface area contributed by atoms with Gasteiger partial charge in [0.05, 0.1) is 11.2 Å². The van der Waals surface area contributed by atoms with E-state index in [1.807, 2.05) is 12.1 Å². The third kappa shape index (κ3) is 5.28. The molecular weight excluding hydrogens is 363 g/mol. The molecule has 150 valence electrons. The summed E-state index contributed by atoms with van der Waals surface area (Å²) in [5.41, 5.74) is 5.48. The monoisotopic (exact) mass is 388 g/mol. The van der Waals surface area contributed by atoms with Crippen molar-refractivity contribution in [3.8, 4) is 11.5 Å². The van der Waals surface area contributed by atoms with Crippen molar-refractivity contribution in [1.82, 2.24) is 5.32 Å². The molecule has 2 aromatic carbocycles. The van der Waals surface area contributed by atoms with Crippen LogP contribution in [0.5, 0.6) is 11.5 Å². The molecule has 1 amide bonds. The average Bonchev–Trinajstić information content (AvgIpc) is 2.70. The Kier molecular flexibility index (Phi) is 6.61. The van der Waals surface area contributed by atoms with Crippen LogP contribution in [0.2, 0.25) is 0 Å². The molecule has 0 bridgehead atoms. The summed E-state index contributed by atoms with van der Waals surface area (Å²) in [6, 6.07) is 11.4. The van der Waals surface area contributed by atoms with Crippen molar-refractivity contribution in [2.75, 3.05) is 26.3 Å². The third-order valence-electron chi connectivity index (χ3n) is 4.78. The fourth-order valence-corrected chi connectivity index (χ4v) is 3.04. The normalized spacial score (nSPS) is 15.8. The van der Waals surface area contributed by atoms with Gasteiger partial charge >= 0.3 is 0 Å². The molecule has 1 aliphatic rings. The van der Waals surface area contributed by atoms with Crippen LogP contribution in [0.25, 0.3) is 0 Å². The number of nitrogens with one attached hydrogen (secondary N) is 1. The Morgan fingerprint density at radius 2 is 1.86 bits per heavy atom. The number of halogens is 1. The Hall–Kier alpha value is -2.48. The highest BCUT2D eigenvalue weighted by Crippen LogP contribution is 2.25. The van der Waals surface area contributed by atoms with Crippen LogP contribution in [-0.2, 0) is 11.2 Å². The summed E-state index contributed by atoms with van der Waals surface area (Å²) in [7, 11) is 0. The van der Waals surface area contributed by atoms with Crippen LogP contribution in [0.3, 0.4) is 0 Å². The number of amides is 1. The predicted molar refractivity (Wildman–Crippen MR) is 103 cm³/mol. The molecule has 0 radical (unpaired) electrons. The van der Waals surface area contributed by atoms with Gasteiger partial charge in [0.25, 0.3) is 5.91 Å². The second-order valence-corrected chi connectivity index (χ2v) is 6.95. The van der Waals surface area contributed by atoms with Crippen molar-refractivity contribution in [2.45, 2.75) is 24.9 Å². The molecule has 0 spiro atoms. The van der Waals surface area contributed by atoms with Gasteiger partial charge in [-0.2, -0.15) is 0 Å². The van der Waals surface area contributed by atoms with E-state index in [4.69, 9.17) is 15.2 Å². The highest BCUT2D eigenvalue weighted by Gasteiger charge is 2.30. The van der Waals surface area contributed by atoms with E-state index in [0.29, 0.717) is 44.1 Å². The summed E-state index contributed by atoms with van der Waals surface area (Å²) in [5, 5.41) is 13.0. The minimum Gasteiger partial charge on any atom is -0.457 e. The van der Waals surface area contributed by atoms with Crippen molar-refractivity contribution < 1.29 is 23.8 Å². The molecule has 4 N–H and O–H groups in total. The lowest BCUT2D eigenvalue weighted by Crippen LogP contribution is -2.46. The van der Waals surface area contributed by atoms with Gasteiger partial charge in [0.1, 0.15) is 17.3 Å². The minimum atomic E-state index is -1.02. The van der Waals surface area contributed by atoms with E-state index in [0.717, 1.165) is 12.0 Å². The van der Waals surface area contributed by atoms with E-state index in [-0.39, 0.29) is 12.1 Å². The Bertz CT molecular complexity index is 805. The Morgan fingerprint density at radius 3 is 2.54 bits per heavy atom. The van der Waals surface area contributed by atoms with Gasteiger partial charge in [0, 0.05) is 32.6 Å². The molecule has 1 heterocycles. The lowest BCUT2D eigenvalue weighted by atomic mass is 9.94. The molecule has 1 aliphatic heterocycles. The zero-order chi connectivity index (χ0) is 20.0. The number of aliphatic hydroxyl groups is 1. The maximum Gasteiger partial charge on any atom is 0.254 e. The van der Waals surface area contributed by atoms with E-state index in [2.05, 4.69) is 5.32 Å². The van der Waals surface area contributed by atoms with Gasteiger partial charge in [0.15, 0.2) is 0 Å². The van der Waals surface area contributed by atoms with Crippen LogP contribution >= 0.6 is 0 Å². The van der Waals surface area contributed by atoms with Crippen LogP contribution in [0.4, 0.5) is 4.39 Å². The summed E-state index contributed by atoms with van der Waals surface area (Å²) in [6.07, 6.45) is 1.64. The second-order valence-electron chi connectivity index (χ2n) is 6.95. The number of carbonyl (C=O) groups is 1. The van der Waals surface area contributed by atoms with E-state index in [1.54, 1.807) is 12.1 Å². The maximum absolute atomic E-state index is 14.1. The molecule has 6 nitrogen and oxygen atoms in total. The standard InChI is InChI=1S/C21H25FN2O4/c22-19-6-5-17(28-16-3-1-15(2-4-16)7-10-23)13-18(19)20(25)24-14-21(26)8-11-27-12-9-21/h1-6,13,26H,7-12,14,23H2,(H,24,25). The topological polar surface area (TPSA) is 93.8 Å². The smallest absolute Gasteiger partial charge is 0.254 e. The molecule has 0 atom stereocenters. The zero-order valence-corrected chi connectivity index (χ0v) is 15.6. The molecule has 0 saturated carbocycles. The van der Waals surface area contributed by atoms with Gasteiger partial charge in [-0.25, -0.2) is 4.39 Å². The molecule has 28 heavy (non-hydrogen) atoms. The predicted octanol–water partition coefficient (Wildman–Crippen LogP) is 2.39. The molecule has 1 saturated heterocycles. The number of ether oxygens (including phenoxy) is 2. The van der Waals surface area contributed by atoms with Crippen molar-refractivity contribution in [3.05, 3.63) is 59.4 Å². The number of rotatable bonds is 7. The van der Waals surface area contributed by atoms with Gasteiger partial charge in [-0.05, 0) is 48.9 Å². The first kappa shape index (κ1) is 20.3. The summed E-state index contributed by atoms with van der Waals surface area (Å²) in [4.78, 5) is 12.4. The largest absolute Gasteiger partial charge is 0.457 e. The van der Waals surface area contributed by atoms with Gasteiger partial charge in [0.2, 0.25) is 0 Å². The quantitative estimate of drug-likeness (QED) is 0.677. The number of hydrogen-bond acceptors (Lipinski definition) is 5. The first-order valence-electron chi connectivity index (χ1n) is 9.34. The Morgan fingerprint density at radius 1 is 1.18 bits per heavy atom. The van der Waals surface area contributed by atoms with E-state index in [9.17, 15) is 14.3 Å². The van der Waals surface area contributed by atoms with Gasteiger partial charge < -0.3 is 25.6 Å². The van der Waals surface area contributed by atoms with E-state index < -0.39 is 17.3 Å². The second kappa shape index (κ2) is 9.14. The van der Waals surface area contributed by atoms with Gasteiger partial charge in [-0.15, -0.1) is 0 Å². The first-order valence-corrected chi connectivity index (χ1v) is 9.34. The van der Waals surface area contributed by atoms with Crippen molar-refractivity contribution >= 4 is 5.91 Å². The third-order valence-corrected chi connectivity index (χ3v) is 4.78. The molecule has 0 unspecified atom stereocenters. The summed E-state index contributed by atoms with van der Waals surface area (Å²) in [5.74, 6) is -0.318. The van der Waals surface area contributed by atoms with Crippen molar-refractivity contribution in [2.24, 2.45) is 5.73 Å². The van der Waals surface area contributed by atoms with Gasteiger partial charge in [-0.3, -0.25) is 4.79 Å². The highest BCUT2D eigenvalue weighted by atomic mass is 19.1. The summed E-state index contributed by atoms with van der Waals surface area (Å²) < 4.78 is 25.1. The van der Waals surface area contributed by atoms with E-state index in [1.165, 1.54) is 18.2 Å². The fourth-order valence-electron chi connectivity index (χ4n) is 3.04. The van der Waals surface area contributed by atoms with E-state index >= 15 is 0 Å². The molecular formula is C21H25FN2O4. The Balaban J connectivity index is 1.65. The zero-order valence-electron chi connectivity index (χ0n) is 15.6. The number of hydrogen-bond donors (Lipinski definition) is 3. The summed E-state index contributed by atoms with van der Waals surface area (Å²) in [6.45, 7) is 1.49. The van der Waals surface area contributed by atoms with Crippen LogP contribution in [-0.4, -0.2) is 42.9 Å². The minimum absolute atomic E-state index is 0.0440. The molecule has 1 fully saturated rings. The number of carbonyl (C=O) groups excluding carboxylic acids is 1. The van der Waals surface area contributed by atoms with Crippen LogP contribution in [0.15, 0.2) is 42.5 Å². The van der Waals surface area contributed by atoms with Crippen LogP contribution < -0.4 is 15.8 Å². The molecule has 3 rings (SSSR count). The maximum atomic E-state index is 14.1. The molecule has 0 aliphatic carbocycles. The van der Waals surface area contributed by atoms with Crippen LogP contribution in [0.1, 0.15) is 28.8 Å². The van der Waals surface area contributed by atoms with Crippen molar-refractivity contribution in [1.29, 1.82) is 0 Å². The molecule has 7 heteroatoms. The molecule has 2 aromatic rings. The first-order chi connectivity index (χ1) is 13.5. The number of nitrogens with two attached hydrogens (primary N) is 1. The lowest BCUT2D eigenvalue weighted by molar-refractivity contribution is -0.0605. The highest BCUT2D eigenvalue weighted by molar-refractivity contribution is 5.94. The average molecular weight is 388 g/mol. The summed E-state index contributed by atoms with van der Waals surface area (Å²) >= 11 is 0. The van der Waals surface area contributed by atoms with Crippen LogP contribution in [0, 0.1) is 5.82 Å². The number of benzene rings is 2. The lowest BCUT2D eigenvalue weighted by Gasteiger charge is -2.32. The van der Waals surface area contributed by atoms with Gasteiger partial charge in [-0.1, -0.05) is 12.1 Å². The molecule has 0 aromatic heterocycles. The van der Waals surface area contributed by atoms with Crippen molar-refractivity contribution in [3.63, 3.8) is 0 Å².